The lowest BCUT2D eigenvalue weighted by Crippen LogP contribution is -2.73. The number of carbonyl (C=O) groups is 3. The number of benzene rings is 1. The first-order chi connectivity index (χ1) is 17.0. The Morgan fingerprint density at radius 3 is 2.67 bits per heavy atom. The average molecular weight is 504 g/mol. The van der Waals surface area contributed by atoms with Gasteiger partial charge in [0.2, 0.25) is 11.7 Å². The monoisotopic (exact) mass is 503 g/mol. The molecule has 8 N–H and O–H groups in total. The van der Waals surface area contributed by atoms with Gasteiger partial charge in [-0.05, 0) is 50.8 Å². The summed E-state index contributed by atoms with van der Waals surface area (Å²) < 4.78 is 15.7. The summed E-state index contributed by atoms with van der Waals surface area (Å²) in [5, 5.41) is 50.3. The second kappa shape index (κ2) is 8.62. The van der Waals surface area contributed by atoms with E-state index in [1.165, 1.54) is 6.07 Å². The van der Waals surface area contributed by atoms with Gasteiger partial charge in [-0.15, -0.1) is 0 Å². The van der Waals surface area contributed by atoms with Gasteiger partial charge in [0.05, 0.1) is 11.7 Å². The lowest BCUT2D eigenvalue weighted by molar-refractivity contribution is -0.179. The van der Waals surface area contributed by atoms with Crippen molar-refractivity contribution in [3.63, 3.8) is 0 Å². The average Bonchev–Trinajstić information content (AvgIpc) is 3.35. The number of ketones is 2. The summed E-state index contributed by atoms with van der Waals surface area (Å²) in [6.07, 6.45) is -0.161. The van der Waals surface area contributed by atoms with Crippen LogP contribution in [0.25, 0.3) is 5.76 Å². The SMILES string of the molecule is CCN[C@@H]1C(O)C(C(N)=O)C(=O)[C@@]2(O)C(=O)C3=C(O)c4c(O)cc(C5CCCN5)c(F)c4C[C@H]3C[C@@H]12. The van der Waals surface area contributed by atoms with E-state index >= 15 is 4.39 Å². The molecule has 1 aromatic rings. The van der Waals surface area contributed by atoms with Gasteiger partial charge in [0.15, 0.2) is 11.4 Å². The first kappa shape index (κ1) is 24.8. The van der Waals surface area contributed by atoms with Crippen molar-refractivity contribution in [1.82, 2.24) is 10.6 Å². The molecule has 3 unspecified atom stereocenters. The van der Waals surface area contributed by atoms with E-state index in [4.69, 9.17) is 5.73 Å². The largest absolute Gasteiger partial charge is 0.507 e. The minimum absolute atomic E-state index is 0.0564. The minimum Gasteiger partial charge on any atom is -0.507 e. The molecule has 36 heavy (non-hydrogen) atoms. The van der Waals surface area contributed by atoms with Crippen molar-refractivity contribution in [2.24, 2.45) is 23.5 Å². The molecule has 11 heteroatoms. The smallest absolute Gasteiger partial charge is 0.230 e. The van der Waals surface area contributed by atoms with Crippen LogP contribution in [-0.4, -0.2) is 68.7 Å². The van der Waals surface area contributed by atoms with Gasteiger partial charge in [-0.2, -0.15) is 0 Å². The Morgan fingerprint density at radius 1 is 1.33 bits per heavy atom. The number of phenolic OH excluding ortho intramolecular Hbond substituents is 1. The Morgan fingerprint density at radius 2 is 2.06 bits per heavy atom. The van der Waals surface area contributed by atoms with Crippen LogP contribution >= 0.6 is 0 Å². The van der Waals surface area contributed by atoms with Crippen molar-refractivity contribution in [1.29, 1.82) is 0 Å². The summed E-state index contributed by atoms with van der Waals surface area (Å²) in [5.74, 6) is -9.00. The Bertz CT molecular complexity index is 1190. The maximum atomic E-state index is 15.7. The molecule has 5 rings (SSSR count). The second-order valence-corrected chi connectivity index (χ2v) is 10.2. The molecule has 1 amide bonds. The number of likely N-dealkylation sites (N-methyl/N-ethyl adjacent to an activating group) is 1. The number of halogens is 1. The fourth-order valence-corrected chi connectivity index (χ4v) is 6.74. The van der Waals surface area contributed by atoms with Crippen molar-refractivity contribution in [2.75, 3.05) is 13.1 Å². The van der Waals surface area contributed by atoms with Gasteiger partial charge in [0, 0.05) is 34.7 Å². The molecular formula is C25H30FN3O7. The second-order valence-electron chi connectivity index (χ2n) is 10.2. The molecular weight excluding hydrogens is 473 g/mol. The Kier molecular flexibility index (Phi) is 5.94. The van der Waals surface area contributed by atoms with Gasteiger partial charge in [-0.3, -0.25) is 14.4 Å². The summed E-state index contributed by atoms with van der Waals surface area (Å²) >= 11 is 0. The zero-order chi connectivity index (χ0) is 26.1. The molecule has 0 aromatic heterocycles. The molecule has 1 aromatic carbocycles. The molecule has 4 aliphatic rings. The standard InChI is InChI=1S/C25H30FN3O7/c1-2-28-19-12-7-9-6-11-16(14(30)8-10(18(11)26)13-4-3-5-29-13)20(31)15(9)22(33)25(12,36)23(34)17(21(19)32)24(27)35/h8-9,12-13,17,19,21,28-32,36H,2-7H2,1H3,(H2,27,35)/t9-,12-,13?,17?,19-,21?,25-/m0/s1. The fourth-order valence-electron chi connectivity index (χ4n) is 6.74. The number of aromatic hydroxyl groups is 1. The molecule has 0 bridgehead atoms. The summed E-state index contributed by atoms with van der Waals surface area (Å²) in [4.78, 5) is 39.0. The molecule has 0 spiro atoms. The van der Waals surface area contributed by atoms with E-state index in [1.807, 2.05) is 0 Å². The molecule has 0 radical (unpaired) electrons. The lowest BCUT2D eigenvalue weighted by Gasteiger charge is -2.52. The predicted molar refractivity (Wildman–Crippen MR) is 124 cm³/mol. The van der Waals surface area contributed by atoms with Crippen molar-refractivity contribution >= 4 is 23.2 Å². The van der Waals surface area contributed by atoms with E-state index in [9.17, 15) is 34.8 Å². The Hall–Kier alpha value is -2.86. The van der Waals surface area contributed by atoms with Crippen LogP contribution in [0.3, 0.4) is 0 Å². The summed E-state index contributed by atoms with van der Waals surface area (Å²) in [5.41, 5.74) is 2.40. The number of nitrogens with one attached hydrogen (secondary N) is 2. The molecule has 1 heterocycles. The lowest BCUT2D eigenvalue weighted by atomic mass is 9.54. The van der Waals surface area contributed by atoms with E-state index in [2.05, 4.69) is 10.6 Å². The number of aliphatic hydroxyl groups is 3. The van der Waals surface area contributed by atoms with Crippen molar-refractivity contribution in [2.45, 2.75) is 56.4 Å². The van der Waals surface area contributed by atoms with E-state index in [1.54, 1.807) is 6.92 Å². The quantitative estimate of drug-likeness (QED) is 0.272. The molecule has 1 saturated heterocycles. The maximum absolute atomic E-state index is 15.7. The first-order valence-electron chi connectivity index (χ1n) is 12.3. The van der Waals surface area contributed by atoms with Crippen LogP contribution in [0.2, 0.25) is 0 Å². The van der Waals surface area contributed by atoms with Crippen LogP contribution in [0, 0.1) is 23.6 Å². The van der Waals surface area contributed by atoms with E-state index in [-0.39, 0.29) is 41.1 Å². The van der Waals surface area contributed by atoms with Crippen LogP contribution in [-0.2, 0) is 20.8 Å². The van der Waals surface area contributed by atoms with Crippen LogP contribution in [0.1, 0.15) is 48.9 Å². The number of nitrogens with two attached hydrogens (primary N) is 1. The highest BCUT2D eigenvalue weighted by molar-refractivity contribution is 6.25. The molecule has 194 valence electrons. The van der Waals surface area contributed by atoms with Crippen LogP contribution in [0.4, 0.5) is 4.39 Å². The number of carbonyl (C=O) groups excluding carboxylic acids is 3. The molecule has 3 aliphatic carbocycles. The number of hydrogen-bond acceptors (Lipinski definition) is 9. The molecule has 2 saturated carbocycles. The number of aliphatic hydroxyl groups excluding tert-OH is 2. The Labute approximate surface area is 206 Å². The third-order valence-corrected chi connectivity index (χ3v) is 8.37. The molecule has 10 nitrogen and oxygen atoms in total. The van der Waals surface area contributed by atoms with E-state index in [0.29, 0.717) is 19.5 Å². The minimum atomic E-state index is -2.73. The predicted octanol–water partition coefficient (Wildman–Crippen LogP) is -0.259. The number of primary amides is 1. The van der Waals surface area contributed by atoms with Gasteiger partial charge in [-0.1, -0.05) is 6.92 Å². The third-order valence-electron chi connectivity index (χ3n) is 8.37. The molecule has 3 fully saturated rings. The van der Waals surface area contributed by atoms with Crippen LogP contribution in [0.5, 0.6) is 5.75 Å². The van der Waals surface area contributed by atoms with Gasteiger partial charge >= 0.3 is 0 Å². The van der Waals surface area contributed by atoms with Gasteiger partial charge in [-0.25, -0.2) is 4.39 Å². The number of amides is 1. The number of fused-ring (bicyclic) bond motifs is 3. The maximum Gasteiger partial charge on any atom is 0.230 e. The highest BCUT2D eigenvalue weighted by Crippen LogP contribution is 2.52. The third kappa shape index (κ3) is 3.26. The van der Waals surface area contributed by atoms with E-state index in [0.717, 1.165) is 6.42 Å². The highest BCUT2D eigenvalue weighted by atomic mass is 19.1. The fraction of sp³-hybridized carbons (Fsp3) is 0.560. The first-order valence-corrected chi connectivity index (χ1v) is 12.3. The van der Waals surface area contributed by atoms with Crippen LogP contribution in [0.15, 0.2) is 11.6 Å². The highest BCUT2D eigenvalue weighted by Gasteiger charge is 2.67. The van der Waals surface area contributed by atoms with Gasteiger partial charge in [0.25, 0.3) is 0 Å². The molecule has 7 atom stereocenters. The number of rotatable bonds is 4. The van der Waals surface area contributed by atoms with Crippen molar-refractivity contribution in [3.05, 3.63) is 34.1 Å². The van der Waals surface area contributed by atoms with Gasteiger partial charge in [0.1, 0.15) is 23.2 Å². The summed E-state index contributed by atoms with van der Waals surface area (Å²) in [6.45, 7) is 2.73. The van der Waals surface area contributed by atoms with Crippen LogP contribution < -0.4 is 16.4 Å². The zero-order valence-corrected chi connectivity index (χ0v) is 19.8. The van der Waals surface area contributed by atoms with Gasteiger partial charge < -0.3 is 36.8 Å². The summed E-state index contributed by atoms with van der Waals surface area (Å²) in [7, 11) is 0. The number of phenols is 1. The number of hydrogen-bond donors (Lipinski definition) is 7. The van der Waals surface area contributed by atoms with Crippen molar-refractivity contribution in [3.8, 4) is 5.75 Å². The Balaban J connectivity index is 1.65. The van der Waals surface area contributed by atoms with E-state index < -0.39 is 70.3 Å². The topological polar surface area (TPSA) is 182 Å². The summed E-state index contributed by atoms with van der Waals surface area (Å²) in [6, 6.07) is -0.0933. The normalized spacial score (nSPS) is 35.9. The zero-order valence-electron chi connectivity index (χ0n) is 19.8. The number of Topliss-reactive ketones (excluding diaryl/α,β-unsaturated/α-hetero) is 2. The molecule has 1 aliphatic heterocycles. The van der Waals surface area contributed by atoms with Crippen molar-refractivity contribution < 1.29 is 39.2 Å².